The van der Waals surface area contributed by atoms with E-state index in [2.05, 4.69) is 31.1 Å². The zero-order valence-corrected chi connectivity index (χ0v) is 10.3. The smallest absolute Gasteiger partial charge is 0.272 e. The van der Waals surface area contributed by atoms with Gasteiger partial charge in [-0.15, -0.1) is 0 Å². The van der Waals surface area contributed by atoms with Crippen molar-refractivity contribution in [2.75, 3.05) is 6.61 Å². The highest BCUT2D eigenvalue weighted by Gasteiger charge is 2.09. The summed E-state index contributed by atoms with van der Waals surface area (Å²) in [5, 5.41) is 3.31. The minimum atomic E-state index is -2.47. The number of alkyl halides is 2. The molecule has 96 valence electrons. The van der Waals surface area contributed by atoms with Gasteiger partial charge in [-0.05, 0) is 26.3 Å². The summed E-state index contributed by atoms with van der Waals surface area (Å²) in [6, 6.07) is 3.41. The monoisotopic (exact) mass is 244 g/mol. The van der Waals surface area contributed by atoms with Crippen molar-refractivity contribution in [3.05, 3.63) is 23.9 Å². The number of aromatic nitrogens is 1. The fourth-order valence-electron chi connectivity index (χ4n) is 1.12. The van der Waals surface area contributed by atoms with Gasteiger partial charge in [-0.1, -0.05) is 6.07 Å². The Morgan fingerprint density at radius 2 is 2.06 bits per heavy atom. The molecule has 17 heavy (non-hydrogen) atoms. The van der Waals surface area contributed by atoms with Gasteiger partial charge in [0.2, 0.25) is 5.88 Å². The lowest BCUT2D eigenvalue weighted by atomic mass is 10.1. The van der Waals surface area contributed by atoms with Crippen LogP contribution in [0, 0.1) is 0 Å². The Labute approximate surface area is 100 Å². The molecule has 1 aromatic heterocycles. The Bertz CT molecular complexity index is 333. The SMILES string of the molecule is CC(C)(C)NCc1ccc(OCC(F)F)nc1. The zero-order valence-electron chi connectivity index (χ0n) is 10.3. The van der Waals surface area contributed by atoms with Gasteiger partial charge >= 0.3 is 0 Å². The standard InChI is InChI=1S/C12H18F2N2O/c1-12(2,3)16-7-9-4-5-11(15-6-9)17-8-10(13)14/h4-6,10,16H,7-8H2,1-3H3. The molecule has 0 radical (unpaired) electrons. The second-order valence-electron chi connectivity index (χ2n) is 4.81. The number of halogens is 2. The number of nitrogens with one attached hydrogen (secondary N) is 1. The summed E-state index contributed by atoms with van der Waals surface area (Å²) in [6.45, 7) is 6.28. The third kappa shape index (κ3) is 6.16. The van der Waals surface area contributed by atoms with E-state index >= 15 is 0 Å². The summed E-state index contributed by atoms with van der Waals surface area (Å²) < 4.78 is 28.6. The van der Waals surface area contributed by atoms with E-state index in [4.69, 9.17) is 4.74 Å². The Morgan fingerprint density at radius 1 is 1.35 bits per heavy atom. The van der Waals surface area contributed by atoms with E-state index in [9.17, 15) is 8.78 Å². The molecule has 3 nitrogen and oxygen atoms in total. The fourth-order valence-corrected chi connectivity index (χ4v) is 1.12. The first-order valence-corrected chi connectivity index (χ1v) is 5.48. The van der Waals surface area contributed by atoms with Crippen molar-refractivity contribution < 1.29 is 13.5 Å². The molecule has 0 saturated carbocycles. The molecule has 1 heterocycles. The van der Waals surface area contributed by atoms with E-state index < -0.39 is 13.0 Å². The highest BCUT2D eigenvalue weighted by molar-refractivity contribution is 5.17. The van der Waals surface area contributed by atoms with Crippen molar-refractivity contribution in [2.45, 2.75) is 39.3 Å². The number of pyridine rings is 1. The average molecular weight is 244 g/mol. The van der Waals surface area contributed by atoms with Gasteiger partial charge in [-0.2, -0.15) is 0 Å². The second kappa shape index (κ2) is 5.91. The lowest BCUT2D eigenvalue weighted by molar-refractivity contribution is 0.0796. The Kier molecular flexibility index (Phi) is 4.81. The number of ether oxygens (including phenoxy) is 1. The second-order valence-corrected chi connectivity index (χ2v) is 4.81. The first kappa shape index (κ1) is 13.8. The van der Waals surface area contributed by atoms with Crippen molar-refractivity contribution in [1.29, 1.82) is 0 Å². The van der Waals surface area contributed by atoms with E-state index in [0.717, 1.165) is 5.56 Å². The van der Waals surface area contributed by atoms with Crippen LogP contribution in [0.3, 0.4) is 0 Å². The maximum absolute atomic E-state index is 11.9. The van der Waals surface area contributed by atoms with Crippen LogP contribution in [-0.4, -0.2) is 23.6 Å². The van der Waals surface area contributed by atoms with Gasteiger partial charge in [0.25, 0.3) is 6.43 Å². The van der Waals surface area contributed by atoms with E-state index in [1.54, 1.807) is 12.3 Å². The van der Waals surface area contributed by atoms with Crippen LogP contribution in [0.2, 0.25) is 0 Å². The zero-order chi connectivity index (χ0) is 12.9. The van der Waals surface area contributed by atoms with Crippen molar-refractivity contribution in [2.24, 2.45) is 0 Å². The maximum Gasteiger partial charge on any atom is 0.272 e. The van der Waals surface area contributed by atoms with E-state index in [1.807, 2.05) is 6.07 Å². The van der Waals surface area contributed by atoms with Crippen LogP contribution in [0.5, 0.6) is 5.88 Å². The third-order valence-electron chi connectivity index (χ3n) is 1.98. The molecule has 0 saturated heterocycles. The first-order chi connectivity index (χ1) is 7.87. The Morgan fingerprint density at radius 3 is 2.53 bits per heavy atom. The van der Waals surface area contributed by atoms with Gasteiger partial charge in [-0.25, -0.2) is 13.8 Å². The average Bonchev–Trinajstić information content (AvgIpc) is 2.24. The van der Waals surface area contributed by atoms with E-state index in [0.29, 0.717) is 6.54 Å². The maximum atomic E-state index is 11.9. The van der Waals surface area contributed by atoms with Crippen molar-refractivity contribution >= 4 is 0 Å². The summed E-state index contributed by atoms with van der Waals surface area (Å²) in [5.41, 5.74) is 1.02. The lowest BCUT2D eigenvalue weighted by Gasteiger charge is -2.20. The highest BCUT2D eigenvalue weighted by Crippen LogP contribution is 2.10. The molecule has 0 spiro atoms. The van der Waals surface area contributed by atoms with Crippen LogP contribution in [0.1, 0.15) is 26.3 Å². The quantitative estimate of drug-likeness (QED) is 0.864. The molecule has 0 unspecified atom stereocenters. The number of hydrogen-bond donors (Lipinski definition) is 1. The summed E-state index contributed by atoms with van der Waals surface area (Å²) >= 11 is 0. The van der Waals surface area contributed by atoms with E-state index in [-0.39, 0.29) is 11.4 Å². The number of nitrogens with zero attached hydrogens (tertiary/aromatic N) is 1. The molecule has 0 amide bonds. The molecule has 0 fully saturated rings. The largest absolute Gasteiger partial charge is 0.472 e. The van der Waals surface area contributed by atoms with Crippen molar-refractivity contribution in [3.63, 3.8) is 0 Å². The molecule has 0 aromatic carbocycles. The fraction of sp³-hybridized carbons (Fsp3) is 0.583. The van der Waals surface area contributed by atoms with Crippen LogP contribution >= 0.6 is 0 Å². The predicted molar refractivity (Wildman–Crippen MR) is 62.3 cm³/mol. The van der Waals surface area contributed by atoms with Gasteiger partial charge in [0.05, 0.1) is 0 Å². The minimum absolute atomic E-state index is 0.0326. The van der Waals surface area contributed by atoms with Crippen LogP contribution in [0.15, 0.2) is 18.3 Å². The van der Waals surface area contributed by atoms with Crippen LogP contribution < -0.4 is 10.1 Å². The molecule has 1 rings (SSSR count). The van der Waals surface area contributed by atoms with Gasteiger partial charge in [0, 0.05) is 24.3 Å². The molecule has 5 heteroatoms. The topological polar surface area (TPSA) is 34.1 Å². The molecule has 0 aliphatic rings. The summed E-state index contributed by atoms with van der Waals surface area (Å²) in [6.07, 6.45) is -0.849. The van der Waals surface area contributed by atoms with E-state index in [1.165, 1.54) is 0 Å². The molecule has 1 aromatic rings. The van der Waals surface area contributed by atoms with Gasteiger partial charge in [0.1, 0.15) is 0 Å². The summed E-state index contributed by atoms with van der Waals surface area (Å²) in [5.74, 6) is 0.227. The van der Waals surface area contributed by atoms with Gasteiger partial charge in [0.15, 0.2) is 6.61 Å². The van der Waals surface area contributed by atoms with Gasteiger partial charge < -0.3 is 10.1 Å². The third-order valence-corrected chi connectivity index (χ3v) is 1.98. The molecule has 0 aliphatic heterocycles. The van der Waals surface area contributed by atoms with Crippen LogP contribution in [0.25, 0.3) is 0 Å². The molecule has 0 bridgehead atoms. The predicted octanol–water partition coefficient (Wildman–Crippen LogP) is 2.61. The molecular formula is C12H18F2N2O. The van der Waals surface area contributed by atoms with Crippen LogP contribution in [-0.2, 0) is 6.54 Å². The van der Waals surface area contributed by atoms with Crippen molar-refractivity contribution in [1.82, 2.24) is 10.3 Å². The molecule has 0 aliphatic carbocycles. The number of hydrogen-bond acceptors (Lipinski definition) is 3. The van der Waals surface area contributed by atoms with Crippen LogP contribution in [0.4, 0.5) is 8.78 Å². The molecule has 1 N–H and O–H groups in total. The summed E-state index contributed by atoms with van der Waals surface area (Å²) in [4.78, 5) is 3.96. The minimum Gasteiger partial charge on any atom is -0.472 e. The Balaban J connectivity index is 2.45. The Hall–Kier alpha value is -1.23. The number of rotatable bonds is 5. The summed E-state index contributed by atoms with van der Waals surface area (Å²) in [7, 11) is 0. The van der Waals surface area contributed by atoms with Crippen molar-refractivity contribution in [3.8, 4) is 5.88 Å². The lowest BCUT2D eigenvalue weighted by Crippen LogP contribution is -2.35. The molecular weight excluding hydrogens is 226 g/mol. The first-order valence-electron chi connectivity index (χ1n) is 5.48. The normalized spacial score (nSPS) is 11.9. The highest BCUT2D eigenvalue weighted by atomic mass is 19.3. The molecule has 0 atom stereocenters. The van der Waals surface area contributed by atoms with Gasteiger partial charge in [-0.3, -0.25) is 0 Å².